The maximum atomic E-state index is 11.9. The molecule has 0 spiro atoms. The normalized spacial score (nSPS) is 20.1. The summed E-state index contributed by atoms with van der Waals surface area (Å²) in [6.45, 7) is 3.82. The third kappa shape index (κ3) is 2.86. The molecule has 1 fully saturated rings. The molecular weight excluding hydrogens is 236 g/mol. The summed E-state index contributed by atoms with van der Waals surface area (Å²) in [5, 5.41) is 2.00. The first-order valence-corrected chi connectivity index (χ1v) is 6.64. The molecule has 1 unspecified atom stereocenters. The number of hydrogen-bond donors (Lipinski definition) is 0. The Morgan fingerprint density at radius 2 is 2.12 bits per heavy atom. The van der Waals surface area contributed by atoms with E-state index in [2.05, 4.69) is 16.8 Å². The van der Waals surface area contributed by atoms with Gasteiger partial charge in [-0.3, -0.25) is 4.90 Å². The van der Waals surface area contributed by atoms with Crippen LogP contribution in [0.3, 0.4) is 0 Å². The fourth-order valence-electron chi connectivity index (χ4n) is 2.08. The fourth-order valence-corrected chi connectivity index (χ4v) is 2.93. The number of thiophene rings is 1. The quantitative estimate of drug-likeness (QED) is 0.759. The summed E-state index contributed by atoms with van der Waals surface area (Å²) in [5.41, 5.74) is 0. The van der Waals surface area contributed by atoms with Crippen molar-refractivity contribution >= 4 is 17.3 Å². The number of carbonyl (C=O) groups is 1. The lowest BCUT2D eigenvalue weighted by Gasteiger charge is -2.36. The zero-order valence-electron chi connectivity index (χ0n) is 10.3. The van der Waals surface area contributed by atoms with Gasteiger partial charge in [-0.05, 0) is 18.5 Å². The van der Waals surface area contributed by atoms with Gasteiger partial charge in [0, 0.05) is 31.1 Å². The predicted octanol–water partition coefficient (Wildman–Crippen LogP) is 1.21. The Morgan fingerprint density at radius 3 is 2.65 bits per heavy atom. The van der Waals surface area contributed by atoms with Crippen molar-refractivity contribution in [1.29, 1.82) is 0 Å². The van der Waals surface area contributed by atoms with Crippen LogP contribution in [0.25, 0.3) is 0 Å². The van der Waals surface area contributed by atoms with Crippen LogP contribution >= 0.6 is 11.3 Å². The van der Waals surface area contributed by atoms with Crippen molar-refractivity contribution in [2.75, 3.05) is 40.3 Å². The van der Waals surface area contributed by atoms with Gasteiger partial charge < -0.3 is 9.64 Å². The number of rotatable bonds is 3. The summed E-state index contributed by atoms with van der Waals surface area (Å²) >= 11 is 1.61. The van der Waals surface area contributed by atoms with Crippen LogP contribution in [0.1, 0.15) is 10.9 Å². The van der Waals surface area contributed by atoms with Crippen LogP contribution in [-0.2, 0) is 9.53 Å². The Morgan fingerprint density at radius 1 is 1.41 bits per heavy atom. The Labute approximate surface area is 106 Å². The largest absolute Gasteiger partial charge is 0.468 e. The van der Waals surface area contributed by atoms with Crippen LogP contribution in [0.2, 0.25) is 0 Å². The minimum atomic E-state index is -0.228. The van der Waals surface area contributed by atoms with Gasteiger partial charge in [0.15, 0.2) is 0 Å². The third-order valence-corrected chi connectivity index (χ3v) is 4.06. The van der Waals surface area contributed by atoms with E-state index in [-0.39, 0.29) is 12.0 Å². The van der Waals surface area contributed by atoms with Crippen LogP contribution in [0, 0.1) is 0 Å². The van der Waals surface area contributed by atoms with Crippen LogP contribution < -0.4 is 0 Å². The van der Waals surface area contributed by atoms with Crippen LogP contribution in [0.5, 0.6) is 0 Å². The predicted molar refractivity (Wildman–Crippen MR) is 68.1 cm³/mol. The molecule has 1 aromatic heterocycles. The molecule has 0 aliphatic carbocycles. The van der Waals surface area contributed by atoms with Gasteiger partial charge in [-0.2, -0.15) is 0 Å². The van der Waals surface area contributed by atoms with Crippen LogP contribution in [-0.4, -0.2) is 56.1 Å². The molecule has 0 bridgehead atoms. The second-order valence-electron chi connectivity index (χ2n) is 4.28. The first-order valence-electron chi connectivity index (χ1n) is 5.76. The van der Waals surface area contributed by atoms with Crippen molar-refractivity contribution in [1.82, 2.24) is 9.80 Å². The highest BCUT2D eigenvalue weighted by molar-refractivity contribution is 7.10. The van der Waals surface area contributed by atoms with E-state index in [1.165, 1.54) is 7.11 Å². The first-order chi connectivity index (χ1) is 8.22. The molecular formula is C12H18N2O2S. The van der Waals surface area contributed by atoms with Crippen molar-refractivity contribution in [2.24, 2.45) is 0 Å². The number of nitrogens with zero attached hydrogens (tertiary/aromatic N) is 2. The fraction of sp³-hybridized carbons (Fsp3) is 0.583. The maximum Gasteiger partial charge on any atom is 0.328 e. The average Bonchev–Trinajstić information content (AvgIpc) is 2.85. The molecule has 0 aromatic carbocycles. The average molecular weight is 254 g/mol. The molecule has 0 saturated carbocycles. The smallest absolute Gasteiger partial charge is 0.328 e. The molecule has 2 heterocycles. The second-order valence-corrected chi connectivity index (χ2v) is 5.26. The van der Waals surface area contributed by atoms with Crippen LogP contribution in [0.4, 0.5) is 0 Å². The van der Waals surface area contributed by atoms with E-state index in [4.69, 9.17) is 4.74 Å². The number of hydrogen-bond acceptors (Lipinski definition) is 5. The van der Waals surface area contributed by atoms with Gasteiger partial charge in [0.25, 0.3) is 0 Å². The van der Waals surface area contributed by atoms with E-state index in [0.717, 1.165) is 31.1 Å². The van der Waals surface area contributed by atoms with Crippen LogP contribution in [0.15, 0.2) is 17.5 Å². The Kier molecular flexibility index (Phi) is 4.15. The summed E-state index contributed by atoms with van der Waals surface area (Å²) in [5.74, 6) is -0.156. The molecule has 0 amide bonds. The first kappa shape index (κ1) is 12.5. The number of carbonyl (C=O) groups excluding carboxylic acids is 1. The van der Waals surface area contributed by atoms with E-state index in [1.54, 1.807) is 11.3 Å². The Balaban J connectivity index is 2.13. The second kappa shape index (κ2) is 5.62. The van der Waals surface area contributed by atoms with Crippen molar-refractivity contribution in [3.05, 3.63) is 22.4 Å². The lowest BCUT2D eigenvalue weighted by atomic mass is 10.1. The maximum absolute atomic E-state index is 11.9. The van der Waals surface area contributed by atoms with E-state index < -0.39 is 0 Å². The van der Waals surface area contributed by atoms with E-state index in [0.29, 0.717) is 0 Å². The molecule has 0 N–H and O–H groups in total. The summed E-state index contributed by atoms with van der Waals surface area (Å²) in [6.07, 6.45) is 0. The lowest BCUT2D eigenvalue weighted by molar-refractivity contribution is -0.147. The summed E-state index contributed by atoms with van der Waals surface area (Å²) in [6, 6.07) is 3.75. The van der Waals surface area contributed by atoms with Gasteiger partial charge in [0.2, 0.25) is 0 Å². The van der Waals surface area contributed by atoms with Gasteiger partial charge in [0.1, 0.15) is 6.04 Å². The van der Waals surface area contributed by atoms with Gasteiger partial charge >= 0.3 is 5.97 Å². The summed E-state index contributed by atoms with van der Waals surface area (Å²) < 4.78 is 4.93. The van der Waals surface area contributed by atoms with E-state index >= 15 is 0 Å². The molecule has 4 nitrogen and oxygen atoms in total. The van der Waals surface area contributed by atoms with E-state index in [9.17, 15) is 4.79 Å². The molecule has 94 valence electrons. The highest BCUT2D eigenvalue weighted by Gasteiger charge is 2.31. The number of piperazine rings is 1. The summed E-state index contributed by atoms with van der Waals surface area (Å²) in [4.78, 5) is 17.5. The van der Waals surface area contributed by atoms with Gasteiger partial charge in [-0.1, -0.05) is 6.07 Å². The molecule has 5 heteroatoms. The van der Waals surface area contributed by atoms with Crippen molar-refractivity contribution < 1.29 is 9.53 Å². The molecule has 17 heavy (non-hydrogen) atoms. The highest BCUT2D eigenvalue weighted by Crippen LogP contribution is 2.27. The van der Waals surface area contributed by atoms with E-state index in [1.807, 2.05) is 17.5 Å². The van der Waals surface area contributed by atoms with Gasteiger partial charge in [-0.15, -0.1) is 11.3 Å². The molecule has 1 aliphatic rings. The molecule has 0 radical (unpaired) electrons. The number of likely N-dealkylation sites (N-methyl/N-ethyl adjacent to an activating group) is 1. The van der Waals surface area contributed by atoms with Crippen molar-refractivity contribution in [2.45, 2.75) is 6.04 Å². The number of esters is 1. The minimum Gasteiger partial charge on any atom is -0.468 e. The Bertz CT molecular complexity index is 359. The minimum absolute atomic E-state index is 0.156. The monoisotopic (exact) mass is 254 g/mol. The SMILES string of the molecule is COC(=O)C(c1cccs1)N1CCN(C)CC1. The lowest BCUT2D eigenvalue weighted by Crippen LogP contribution is -2.47. The van der Waals surface area contributed by atoms with Gasteiger partial charge in [0.05, 0.1) is 7.11 Å². The highest BCUT2D eigenvalue weighted by atomic mass is 32.1. The molecule has 1 aliphatic heterocycles. The zero-order valence-corrected chi connectivity index (χ0v) is 11.1. The zero-order chi connectivity index (χ0) is 12.3. The van der Waals surface area contributed by atoms with Crippen molar-refractivity contribution in [3.63, 3.8) is 0 Å². The van der Waals surface area contributed by atoms with Crippen molar-refractivity contribution in [3.8, 4) is 0 Å². The molecule has 1 saturated heterocycles. The number of ether oxygens (including phenoxy) is 1. The third-order valence-electron chi connectivity index (χ3n) is 3.14. The summed E-state index contributed by atoms with van der Waals surface area (Å²) in [7, 11) is 3.56. The molecule has 1 atom stereocenters. The topological polar surface area (TPSA) is 32.8 Å². The molecule has 1 aromatic rings. The standard InChI is InChI=1S/C12H18N2O2S/c1-13-5-7-14(8-6-13)11(12(15)16-2)10-4-3-9-17-10/h3-4,9,11H,5-8H2,1-2H3. The molecule has 2 rings (SSSR count). The van der Waals surface area contributed by atoms with Gasteiger partial charge in [-0.25, -0.2) is 4.79 Å². The number of methoxy groups -OCH3 is 1. The Hall–Kier alpha value is -0.910.